The fourth-order valence-corrected chi connectivity index (χ4v) is 4.11. The van der Waals surface area contributed by atoms with Crippen LogP contribution in [0.3, 0.4) is 0 Å². The minimum absolute atomic E-state index is 0.140. The van der Waals surface area contributed by atoms with E-state index in [1.807, 2.05) is 0 Å². The van der Waals surface area contributed by atoms with Crippen LogP contribution in [0.2, 0.25) is 0 Å². The number of hydrogen-bond acceptors (Lipinski definition) is 4. The number of hydrogen-bond donors (Lipinski definition) is 2. The third kappa shape index (κ3) is 2.66. The summed E-state index contributed by atoms with van der Waals surface area (Å²) in [5.74, 6) is -1.30. The second kappa shape index (κ2) is 5.12. The molecule has 0 aliphatic carbocycles. The maximum Gasteiger partial charge on any atom is 0.306 e. The Morgan fingerprint density at radius 3 is 2.06 bits per heavy atom. The average Bonchev–Trinajstić information content (AvgIpc) is 2.76. The topological polar surface area (TPSA) is 98.2 Å². The molecule has 7 nitrogen and oxygen atoms in total. The van der Waals surface area contributed by atoms with Crippen molar-refractivity contribution < 1.29 is 23.4 Å². The van der Waals surface area contributed by atoms with Crippen LogP contribution in [0.1, 0.15) is 19.3 Å². The van der Waals surface area contributed by atoms with Crippen molar-refractivity contribution in [2.75, 3.05) is 26.2 Å². The Labute approximate surface area is 106 Å². The molecule has 0 aromatic rings. The normalized spacial score (nSPS) is 28.6. The third-order valence-corrected chi connectivity index (χ3v) is 5.58. The van der Waals surface area contributed by atoms with Gasteiger partial charge in [0.1, 0.15) is 0 Å². The highest BCUT2D eigenvalue weighted by molar-refractivity contribution is 7.86. The highest BCUT2D eigenvalue weighted by Crippen LogP contribution is 2.23. The Morgan fingerprint density at radius 2 is 1.61 bits per heavy atom. The van der Waals surface area contributed by atoms with Crippen LogP contribution in [0.15, 0.2) is 0 Å². The molecule has 2 fully saturated rings. The van der Waals surface area contributed by atoms with E-state index >= 15 is 0 Å². The summed E-state index contributed by atoms with van der Waals surface area (Å²) < 4.78 is 27.0. The number of aliphatic carboxylic acids is 1. The van der Waals surface area contributed by atoms with Crippen molar-refractivity contribution in [3.05, 3.63) is 0 Å². The van der Waals surface area contributed by atoms with E-state index in [2.05, 4.69) is 0 Å². The molecule has 2 heterocycles. The first-order valence-corrected chi connectivity index (χ1v) is 7.47. The first-order chi connectivity index (χ1) is 8.41. The molecule has 0 saturated carbocycles. The van der Waals surface area contributed by atoms with Crippen molar-refractivity contribution in [2.45, 2.75) is 25.4 Å². The summed E-state index contributed by atoms with van der Waals surface area (Å²) in [5.41, 5.74) is 0. The number of carboxylic acid groups (broad SMARTS) is 1. The number of nitrogens with zero attached hydrogens (tertiary/aromatic N) is 2. The first kappa shape index (κ1) is 13.7. The minimum Gasteiger partial charge on any atom is -0.481 e. The molecule has 2 N–H and O–H groups in total. The second-order valence-corrected chi connectivity index (χ2v) is 6.75. The van der Waals surface area contributed by atoms with Crippen LogP contribution >= 0.6 is 0 Å². The Bertz CT molecular complexity index is 416. The number of rotatable bonds is 3. The van der Waals surface area contributed by atoms with E-state index < -0.39 is 28.2 Å². The fourth-order valence-electron chi connectivity index (χ4n) is 2.42. The van der Waals surface area contributed by atoms with Crippen molar-refractivity contribution in [1.82, 2.24) is 8.61 Å². The summed E-state index contributed by atoms with van der Waals surface area (Å²) in [4.78, 5) is 10.8. The number of carboxylic acids is 1. The highest BCUT2D eigenvalue weighted by atomic mass is 32.2. The molecule has 0 unspecified atom stereocenters. The minimum atomic E-state index is -3.53. The van der Waals surface area contributed by atoms with Gasteiger partial charge < -0.3 is 10.2 Å². The molecule has 0 aromatic carbocycles. The van der Waals surface area contributed by atoms with Crippen molar-refractivity contribution in [1.29, 1.82) is 0 Å². The van der Waals surface area contributed by atoms with Crippen molar-refractivity contribution >= 4 is 16.2 Å². The Hall–Kier alpha value is -0.700. The number of aliphatic hydroxyl groups is 1. The van der Waals surface area contributed by atoms with Gasteiger partial charge in [0.15, 0.2) is 0 Å². The summed E-state index contributed by atoms with van der Waals surface area (Å²) in [6.07, 6.45) is 0.581. The molecule has 2 rings (SSSR count). The quantitative estimate of drug-likeness (QED) is 0.697. The molecule has 0 radical (unpaired) electrons. The van der Waals surface area contributed by atoms with Crippen LogP contribution < -0.4 is 0 Å². The molecule has 2 aliphatic heterocycles. The zero-order chi connectivity index (χ0) is 13.3. The van der Waals surface area contributed by atoms with Gasteiger partial charge in [-0.3, -0.25) is 4.79 Å². The summed E-state index contributed by atoms with van der Waals surface area (Å²) in [7, 11) is -3.53. The average molecular weight is 278 g/mol. The van der Waals surface area contributed by atoms with E-state index in [-0.39, 0.29) is 19.6 Å². The molecule has 0 amide bonds. The van der Waals surface area contributed by atoms with E-state index in [9.17, 15) is 18.3 Å². The summed E-state index contributed by atoms with van der Waals surface area (Å²) >= 11 is 0. The van der Waals surface area contributed by atoms with Crippen molar-refractivity contribution in [3.63, 3.8) is 0 Å². The third-order valence-electron chi connectivity index (χ3n) is 3.58. The molecule has 0 aromatic heterocycles. The van der Waals surface area contributed by atoms with E-state index in [4.69, 9.17) is 5.11 Å². The smallest absolute Gasteiger partial charge is 0.306 e. The van der Waals surface area contributed by atoms with Gasteiger partial charge in [0.2, 0.25) is 0 Å². The molecular weight excluding hydrogens is 260 g/mol. The predicted octanol–water partition coefficient (Wildman–Crippen LogP) is -0.906. The Balaban J connectivity index is 1.98. The highest BCUT2D eigenvalue weighted by Gasteiger charge is 2.37. The van der Waals surface area contributed by atoms with Crippen LogP contribution in [0.4, 0.5) is 0 Å². The van der Waals surface area contributed by atoms with E-state index in [0.717, 1.165) is 0 Å². The van der Waals surface area contributed by atoms with Gasteiger partial charge in [-0.1, -0.05) is 0 Å². The molecular formula is C10H18N2O5S. The molecule has 2 aliphatic rings. The maximum absolute atomic E-state index is 12.2. The molecule has 8 heteroatoms. The van der Waals surface area contributed by atoms with Gasteiger partial charge in [0, 0.05) is 26.2 Å². The lowest BCUT2D eigenvalue weighted by atomic mass is 9.99. The van der Waals surface area contributed by atoms with Gasteiger partial charge in [-0.2, -0.15) is 17.0 Å². The molecule has 18 heavy (non-hydrogen) atoms. The van der Waals surface area contributed by atoms with Crippen LogP contribution in [0, 0.1) is 5.92 Å². The lowest BCUT2D eigenvalue weighted by Crippen LogP contribution is -2.47. The summed E-state index contributed by atoms with van der Waals surface area (Å²) in [6, 6.07) is 0. The largest absolute Gasteiger partial charge is 0.481 e. The van der Waals surface area contributed by atoms with Crippen LogP contribution in [0.5, 0.6) is 0 Å². The maximum atomic E-state index is 12.2. The molecule has 0 spiro atoms. The van der Waals surface area contributed by atoms with E-state index in [0.29, 0.717) is 25.8 Å². The van der Waals surface area contributed by atoms with Gasteiger partial charge >= 0.3 is 5.97 Å². The molecule has 104 valence electrons. The van der Waals surface area contributed by atoms with Gasteiger partial charge in [-0.15, -0.1) is 0 Å². The van der Waals surface area contributed by atoms with Crippen molar-refractivity contribution in [2.24, 2.45) is 5.92 Å². The summed E-state index contributed by atoms with van der Waals surface area (Å²) in [5, 5.41) is 18.2. The van der Waals surface area contributed by atoms with Crippen LogP contribution in [-0.4, -0.2) is 65.5 Å². The number of carbonyl (C=O) groups is 1. The fraction of sp³-hybridized carbons (Fsp3) is 0.900. The SMILES string of the molecule is O=C(O)C1CCN(S(=O)(=O)N2CC[C@H](O)C2)CC1. The van der Waals surface area contributed by atoms with E-state index in [1.54, 1.807) is 0 Å². The standard InChI is InChI=1S/C10H18N2O5S/c13-9-3-6-12(7-9)18(16,17)11-4-1-8(2-5-11)10(14)15/h8-9,13H,1-7H2,(H,14,15)/t9-/m0/s1. The number of piperidine rings is 1. The van der Waals surface area contributed by atoms with Gasteiger partial charge in [-0.05, 0) is 19.3 Å². The van der Waals surface area contributed by atoms with Crippen LogP contribution in [-0.2, 0) is 15.0 Å². The lowest BCUT2D eigenvalue weighted by Gasteiger charge is -2.32. The zero-order valence-corrected chi connectivity index (χ0v) is 10.8. The monoisotopic (exact) mass is 278 g/mol. The zero-order valence-electron chi connectivity index (χ0n) is 10.0. The van der Waals surface area contributed by atoms with Crippen molar-refractivity contribution in [3.8, 4) is 0 Å². The summed E-state index contributed by atoms with van der Waals surface area (Å²) in [6.45, 7) is 0.960. The molecule has 1 atom stereocenters. The Kier molecular flexibility index (Phi) is 3.90. The number of aliphatic hydroxyl groups excluding tert-OH is 1. The van der Waals surface area contributed by atoms with Crippen LogP contribution in [0.25, 0.3) is 0 Å². The molecule has 0 bridgehead atoms. The van der Waals surface area contributed by atoms with E-state index in [1.165, 1.54) is 8.61 Å². The first-order valence-electron chi connectivity index (χ1n) is 6.07. The number of β-amino-alcohol motifs (C(OH)–C–C–N with tert-alkyl or cyclic N) is 1. The predicted molar refractivity (Wildman–Crippen MR) is 63.0 cm³/mol. The van der Waals surface area contributed by atoms with Gasteiger partial charge in [0.25, 0.3) is 10.2 Å². The lowest BCUT2D eigenvalue weighted by molar-refractivity contribution is -0.142. The van der Waals surface area contributed by atoms with Gasteiger partial charge in [0.05, 0.1) is 12.0 Å². The van der Waals surface area contributed by atoms with Gasteiger partial charge in [-0.25, -0.2) is 0 Å². The molecule has 2 saturated heterocycles. The Morgan fingerprint density at radius 1 is 1.06 bits per heavy atom. The second-order valence-electron chi connectivity index (χ2n) is 4.82.